The van der Waals surface area contributed by atoms with E-state index in [9.17, 15) is 4.79 Å². The summed E-state index contributed by atoms with van der Waals surface area (Å²) in [4.78, 5) is 10.1. The quantitative estimate of drug-likeness (QED) is 0.309. The third-order valence-corrected chi connectivity index (χ3v) is 0.455. The number of carbonyl (C=O) groups is 1. The van der Waals surface area contributed by atoms with Crippen LogP contribution in [0.25, 0.3) is 0 Å². The van der Waals surface area contributed by atoms with Crippen molar-refractivity contribution in [2.45, 2.75) is 0 Å². The van der Waals surface area contributed by atoms with Crippen LogP contribution >= 0.6 is 0 Å². The SMILES string of the molecule is [C-]#[O+].[C-]#[O+].[C-]#[O+].[C-]#[O+].[CH2][CH][CH]C(=O)OC.[Mn]. The Morgan fingerprint density at radius 1 is 1.06 bits per heavy atom. The Kier molecular flexibility index (Phi) is 217. The average molecular weight is 266 g/mol. The average Bonchev–Trinajstić information content (AvgIpc) is 2.39. The Labute approximate surface area is 105 Å². The molecule has 0 aliphatic rings. The zero-order chi connectivity index (χ0) is 13.7. The molecule has 0 fully saturated rings. The third-order valence-electron chi connectivity index (χ3n) is 0.455. The zero-order valence-electron chi connectivity index (χ0n) is 8.19. The molecule has 0 N–H and O–H groups in total. The largest absolute Gasteiger partial charge is 0.469 e. The Morgan fingerprint density at radius 2 is 1.31 bits per heavy atom. The van der Waals surface area contributed by atoms with E-state index in [0.717, 1.165) is 0 Å². The van der Waals surface area contributed by atoms with Crippen LogP contribution < -0.4 is 0 Å². The van der Waals surface area contributed by atoms with Crippen molar-refractivity contribution in [1.82, 2.24) is 0 Å². The summed E-state index contributed by atoms with van der Waals surface area (Å²) in [5.74, 6) is -0.366. The maximum absolute atomic E-state index is 10.1. The molecular formula is C9H7MnO6. The molecule has 0 bridgehead atoms. The van der Waals surface area contributed by atoms with Crippen molar-refractivity contribution >= 4 is 5.97 Å². The van der Waals surface area contributed by atoms with Crippen molar-refractivity contribution in [2.24, 2.45) is 0 Å². The van der Waals surface area contributed by atoms with Crippen molar-refractivity contribution in [3.8, 4) is 0 Å². The molecule has 0 spiro atoms. The van der Waals surface area contributed by atoms with Crippen molar-refractivity contribution in [3.63, 3.8) is 0 Å². The molecular weight excluding hydrogens is 259 g/mol. The fourth-order valence-corrected chi connectivity index (χ4v) is 0.164. The minimum absolute atomic E-state index is 0. The van der Waals surface area contributed by atoms with Gasteiger partial charge >= 0.3 is 51.2 Å². The van der Waals surface area contributed by atoms with Gasteiger partial charge in [0.15, 0.2) is 0 Å². The van der Waals surface area contributed by atoms with Crippen LogP contribution in [0, 0.1) is 46.4 Å². The van der Waals surface area contributed by atoms with E-state index in [1.54, 1.807) is 0 Å². The van der Waals surface area contributed by atoms with Crippen LogP contribution in [0.15, 0.2) is 0 Å². The summed E-state index contributed by atoms with van der Waals surface area (Å²) >= 11 is 0. The molecule has 4 radical (unpaired) electrons. The van der Waals surface area contributed by atoms with Crippen molar-refractivity contribution < 1.29 is 45.2 Å². The molecule has 0 saturated heterocycles. The molecule has 86 valence electrons. The maximum atomic E-state index is 10.1. The summed E-state index contributed by atoms with van der Waals surface area (Å²) < 4.78 is 34.2. The van der Waals surface area contributed by atoms with E-state index in [1.165, 1.54) is 20.0 Å². The monoisotopic (exact) mass is 266 g/mol. The third kappa shape index (κ3) is 119. The van der Waals surface area contributed by atoms with E-state index in [0.29, 0.717) is 0 Å². The molecule has 0 atom stereocenters. The molecule has 0 aromatic rings. The maximum Gasteiger partial charge on any atom is 0.309 e. The number of hydrogen-bond donors (Lipinski definition) is 0. The molecule has 0 aliphatic carbocycles. The second-order valence-electron chi connectivity index (χ2n) is 0.926. The minimum atomic E-state index is -0.366. The molecule has 0 aromatic heterocycles. The summed E-state index contributed by atoms with van der Waals surface area (Å²) in [6.45, 7) is 21.3. The predicted octanol–water partition coefficient (Wildman–Crippen LogP) is 0.250. The number of ether oxygens (including phenoxy) is 1. The van der Waals surface area contributed by atoms with Gasteiger partial charge in [0.05, 0.1) is 13.5 Å². The predicted molar refractivity (Wildman–Crippen MR) is 41.7 cm³/mol. The Morgan fingerprint density at radius 3 is 1.38 bits per heavy atom. The zero-order valence-corrected chi connectivity index (χ0v) is 9.37. The molecule has 0 unspecified atom stereocenters. The first-order chi connectivity index (χ1) is 7.31. The summed E-state index contributed by atoms with van der Waals surface area (Å²) in [7, 11) is 1.32. The Balaban J connectivity index is -0.0000000238. The normalized spacial score (nSPS) is 4.12. The fraction of sp³-hybridized carbons (Fsp3) is 0.111. The van der Waals surface area contributed by atoms with Gasteiger partial charge in [0.2, 0.25) is 0 Å². The van der Waals surface area contributed by atoms with Crippen molar-refractivity contribution in [3.05, 3.63) is 46.4 Å². The molecule has 7 heteroatoms. The number of methoxy groups -OCH3 is 1. The van der Waals surface area contributed by atoms with Crippen LogP contribution in [0.2, 0.25) is 0 Å². The second kappa shape index (κ2) is 95.5. The smallest absolute Gasteiger partial charge is 0.309 e. The summed E-state index contributed by atoms with van der Waals surface area (Å²) in [5.41, 5.74) is 0. The standard InChI is InChI=1S/C5H7O2.4CO.Mn/c1-3-4-5(6)7-2;4*1-2;/h3-4H,1H2,2H3;;;;;. The van der Waals surface area contributed by atoms with Crippen LogP contribution in [0.3, 0.4) is 0 Å². The molecule has 0 aliphatic heterocycles. The van der Waals surface area contributed by atoms with E-state index in [2.05, 4.69) is 38.3 Å². The van der Waals surface area contributed by atoms with Gasteiger partial charge < -0.3 is 4.74 Å². The number of esters is 1. The molecule has 0 rings (SSSR count). The van der Waals surface area contributed by atoms with Crippen LogP contribution in [0.5, 0.6) is 0 Å². The first-order valence-electron chi connectivity index (χ1n) is 2.66. The van der Waals surface area contributed by atoms with Gasteiger partial charge in [0.1, 0.15) is 0 Å². The second-order valence-corrected chi connectivity index (χ2v) is 0.926. The van der Waals surface area contributed by atoms with Gasteiger partial charge in [-0.05, 0) is 13.3 Å². The van der Waals surface area contributed by atoms with Gasteiger partial charge in [-0.3, -0.25) is 4.79 Å². The number of hydrogen-bond acceptors (Lipinski definition) is 2. The Hall–Kier alpha value is -1.05. The Bertz CT molecular complexity index is 157. The first-order valence-corrected chi connectivity index (χ1v) is 2.66. The van der Waals surface area contributed by atoms with Crippen molar-refractivity contribution in [1.29, 1.82) is 0 Å². The van der Waals surface area contributed by atoms with Crippen LogP contribution in [-0.2, 0) is 45.2 Å². The number of carbonyl (C=O) groups excluding carboxylic acids is 1. The van der Waals surface area contributed by atoms with E-state index < -0.39 is 0 Å². The molecule has 0 aromatic carbocycles. The number of rotatable bonds is 2. The molecule has 16 heavy (non-hydrogen) atoms. The van der Waals surface area contributed by atoms with E-state index in [4.69, 9.17) is 18.6 Å². The van der Waals surface area contributed by atoms with Crippen LogP contribution in [0.4, 0.5) is 0 Å². The van der Waals surface area contributed by atoms with Gasteiger partial charge in [0, 0.05) is 17.1 Å². The van der Waals surface area contributed by atoms with E-state index in [1.807, 2.05) is 0 Å². The summed E-state index contributed by atoms with van der Waals surface area (Å²) in [6, 6.07) is 0. The van der Waals surface area contributed by atoms with E-state index in [-0.39, 0.29) is 23.0 Å². The summed E-state index contributed by atoms with van der Waals surface area (Å²) in [5, 5.41) is 0. The van der Waals surface area contributed by atoms with Crippen molar-refractivity contribution in [2.75, 3.05) is 7.11 Å². The van der Waals surface area contributed by atoms with Gasteiger partial charge in [-0.15, -0.1) is 0 Å². The van der Waals surface area contributed by atoms with Crippen LogP contribution in [0.1, 0.15) is 0 Å². The fourth-order valence-electron chi connectivity index (χ4n) is 0.164. The first kappa shape index (κ1) is 36.3. The summed E-state index contributed by atoms with van der Waals surface area (Å²) in [6.07, 6.45) is 2.63. The van der Waals surface area contributed by atoms with E-state index >= 15 is 0 Å². The molecule has 0 amide bonds. The minimum Gasteiger partial charge on any atom is -0.469 e. The molecule has 6 nitrogen and oxygen atoms in total. The van der Waals surface area contributed by atoms with Gasteiger partial charge in [-0.25, -0.2) is 0 Å². The molecule has 0 saturated carbocycles. The van der Waals surface area contributed by atoms with Gasteiger partial charge in [0.25, 0.3) is 0 Å². The van der Waals surface area contributed by atoms with Crippen LogP contribution in [-0.4, -0.2) is 13.1 Å². The van der Waals surface area contributed by atoms with Gasteiger partial charge in [-0.1, -0.05) is 0 Å². The van der Waals surface area contributed by atoms with Gasteiger partial charge in [-0.2, -0.15) is 0 Å². The molecule has 0 heterocycles. The topological polar surface area (TPSA) is 106 Å².